The maximum atomic E-state index is 2.61. The molecule has 1 heteroatoms. The van der Waals surface area contributed by atoms with E-state index in [4.69, 9.17) is 0 Å². The van der Waals surface area contributed by atoms with Gasteiger partial charge in [-0.1, -0.05) is 50.0 Å². The molecule has 0 radical (unpaired) electrons. The molecule has 0 unspecified atom stereocenters. The molecular formula is C18H35N. The zero-order valence-electron chi connectivity index (χ0n) is 14.0. The quantitative estimate of drug-likeness (QED) is 0.441. The predicted octanol–water partition coefficient (Wildman–Crippen LogP) is 5.58. The Bertz CT molecular complexity index is 251. The lowest BCUT2D eigenvalue weighted by atomic mass is 10.1. The van der Waals surface area contributed by atoms with Crippen LogP contribution >= 0.6 is 0 Å². The third-order valence-electron chi connectivity index (χ3n) is 3.44. The number of hydrogen-bond donors (Lipinski definition) is 0. The van der Waals surface area contributed by atoms with E-state index in [9.17, 15) is 0 Å². The highest BCUT2D eigenvalue weighted by Gasteiger charge is 2.01. The summed E-state index contributed by atoms with van der Waals surface area (Å²) in [7, 11) is 0. The lowest BCUT2D eigenvalue weighted by Gasteiger charge is -2.20. The van der Waals surface area contributed by atoms with Crippen LogP contribution in [-0.4, -0.2) is 24.5 Å². The third-order valence-corrected chi connectivity index (χ3v) is 3.44. The van der Waals surface area contributed by atoms with E-state index in [2.05, 4.69) is 51.7 Å². The predicted molar refractivity (Wildman–Crippen MR) is 88.7 cm³/mol. The fraction of sp³-hybridized carbons (Fsp3) is 0.778. The van der Waals surface area contributed by atoms with Gasteiger partial charge in [0.25, 0.3) is 0 Å². The van der Waals surface area contributed by atoms with Crippen molar-refractivity contribution >= 4 is 0 Å². The summed E-state index contributed by atoms with van der Waals surface area (Å²) in [5.74, 6) is 0. The molecule has 0 aliphatic heterocycles. The largest absolute Gasteiger partial charge is 0.300 e. The van der Waals surface area contributed by atoms with Gasteiger partial charge in [0.05, 0.1) is 0 Å². The van der Waals surface area contributed by atoms with Gasteiger partial charge in [0.1, 0.15) is 0 Å². The van der Waals surface area contributed by atoms with Crippen LogP contribution in [0.25, 0.3) is 0 Å². The summed E-state index contributed by atoms with van der Waals surface area (Å²) in [6.07, 6.45) is 12.4. The summed E-state index contributed by atoms with van der Waals surface area (Å²) < 4.78 is 0. The second kappa shape index (κ2) is 12.5. The lowest BCUT2D eigenvalue weighted by molar-refractivity contribution is 0.292. The monoisotopic (exact) mass is 265 g/mol. The first kappa shape index (κ1) is 18.4. The fourth-order valence-electron chi connectivity index (χ4n) is 2.03. The molecule has 0 saturated heterocycles. The second-order valence-corrected chi connectivity index (χ2v) is 5.88. The highest BCUT2D eigenvalue weighted by atomic mass is 15.1. The van der Waals surface area contributed by atoms with Crippen molar-refractivity contribution in [1.82, 2.24) is 4.90 Å². The van der Waals surface area contributed by atoms with E-state index in [1.165, 1.54) is 62.8 Å². The molecule has 19 heavy (non-hydrogen) atoms. The average Bonchev–Trinajstić information content (AvgIpc) is 2.37. The molecule has 0 heterocycles. The van der Waals surface area contributed by atoms with Crippen molar-refractivity contribution in [3.8, 4) is 0 Å². The molecule has 1 nitrogen and oxygen atoms in total. The molecule has 0 aromatic carbocycles. The Labute approximate surface area is 121 Å². The standard InChI is InChI=1S/C18H35N/c1-6-8-14-19(15-9-7-2)16-13-18(5)12-10-11-17(3)4/h11,13H,6-10,12,14-16H2,1-5H3/b18-13+. The Balaban J connectivity index is 4.06. The first-order valence-electron chi connectivity index (χ1n) is 8.11. The van der Waals surface area contributed by atoms with Crippen LogP contribution in [-0.2, 0) is 0 Å². The Morgan fingerprint density at radius 3 is 1.95 bits per heavy atom. The van der Waals surface area contributed by atoms with Gasteiger partial charge in [-0.25, -0.2) is 0 Å². The molecule has 0 aromatic heterocycles. The maximum absolute atomic E-state index is 2.61. The van der Waals surface area contributed by atoms with Gasteiger partial charge >= 0.3 is 0 Å². The second-order valence-electron chi connectivity index (χ2n) is 5.88. The van der Waals surface area contributed by atoms with Crippen LogP contribution in [0.2, 0.25) is 0 Å². The van der Waals surface area contributed by atoms with Crippen molar-refractivity contribution in [2.75, 3.05) is 19.6 Å². The number of nitrogens with zero attached hydrogens (tertiary/aromatic N) is 1. The fourth-order valence-corrected chi connectivity index (χ4v) is 2.03. The zero-order chi connectivity index (χ0) is 14.5. The topological polar surface area (TPSA) is 3.24 Å². The SMILES string of the molecule is CCCCN(C/C=C(\C)CCC=C(C)C)CCCC. The molecular weight excluding hydrogens is 230 g/mol. The highest BCUT2D eigenvalue weighted by Crippen LogP contribution is 2.08. The van der Waals surface area contributed by atoms with Crippen molar-refractivity contribution in [2.45, 2.75) is 73.1 Å². The van der Waals surface area contributed by atoms with Gasteiger partial charge in [-0.3, -0.25) is 4.90 Å². The van der Waals surface area contributed by atoms with Crippen LogP contribution in [0.15, 0.2) is 23.3 Å². The van der Waals surface area contributed by atoms with Crippen LogP contribution in [0.1, 0.15) is 73.1 Å². The van der Waals surface area contributed by atoms with Crippen LogP contribution in [0.3, 0.4) is 0 Å². The van der Waals surface area contributed by atoms with Gasteiger partial charge in [-0.15, -0.1) is 0 Å². The first-order chi connectivity index (χ1) is 9.10. The summed E-state index contributed by atoms with van der Waals surface area (Å²) in [4.78, 5) is 2.61. The molecule has 0 rings (SSSR count). The molecule has 0 N–H and O–H groups in total. The van der Waals surface area contributed by atoms with E-state index in [0.717, 1.165) is 6.54 Å². The number of rotatable bonds is 11. The van der Waals surface area contributed by atoms with Gasteiger partial charge in [0, 0.05) is 6.54 Å². The molecule has 0 spiro atoms. The summed E-state index contributed by atoms with van der Waals surface area (Å²) >= 11 is 0. The Morgan fingerprint density at radius 1 is 0.895 bits per heavy atom. The van der Waals surface area contributed by atoms with Gasteiger partial charge in [-0.05, 0) is 59.5 Å². The van der Waals surface area contributed by atoms with E-state index in [1.807, 2.05) is 0 Å². The average molecular weight is 265 g/mol. The van der Waals surface area contributed by atoms with Crippen molar-refractivity contribution in [3.05, 3.63) is 23.3 Å². The normalized spacial score (nSPS) is 12.0. The van der Waals surface area contributed by atoms with Crippen molar-refractivity contribution in [2.24, 2.45) is 0 Å². The molecule has 0 aromatic rings. The van der Waals surface area contributed by atoms with Gasteiger partial charge in [-0.2, -0.15) is 0 Å². The molecule has 0 aliphatic rings. The highest BCUT2D eigenvalue weighted by molar-refractivity contribution is 5.03. The van der Waals surface area contributed by atoms with Crippen LogP contribution < -0.4 is 0 Å². The molecule has 0 saturated carbocycles. The van der Waals surface area contributed by atoms with Crippen molar-refractivity contribution in [3.63, 3.8) is 0 Å². The summed E-state index contributed by atoms with van der Waals surface area (Å²) in [5, 5.41) is 0. The van der Waals surface area contributed by atoms with Crippen LogP contribution in [0, 0.1) is 0 Å². The zero-order valence-corrected chi connectivity index (χ0v) is 14.0. The van der Waals surface area contributed by atoms with Gasteiger partial charge in [0.2, 0.25) is 0 Å². The molecule has 0 fully saturated rings. The molecule has 0 bridgehead atoms. The maximum Gasteiger partial charge on any atom is 0.0165 e. The number of allylic oxidation sites excluding steroid dienone is 3. The molecule has 0 aliphatic carbocycles. The molecule has 112 valence electrons. The first-order valence-corrected chi connectivity index (χ1v) is 8.11. The van der Waals surface area contributed by atoms with E-state index in [-0.39, 0.29) is 0 Å². The number of hydrogen-bond acceptors (Lipinski definition) is 1. The van der Waals surface area contributed by atoms with Gasteiger partial charge in [0.15, 0.2) is 0 Å². The summed E-state index contributed by atoms with van der Waals surface area (Å²) in [6, 6.07) is 0. The molecule has 0 amide bonds. The van der Waals surface area contributed by atoms with Crippen molar-refractivity contribution < 1.29 is 0 Å². The van der Waals surface area contributed by atoms with E-state index in [1.54, 1.807) is 0 Å². The van der Waals surface area contributed by atoms with Crippen LogP contribution in [0.4, 0.5) is 0 Å². The van der Waals surface area contributed by atoms with E-state index in [0.29, 0.717) is 0 Å². The smallest absolute Gasteiger partial charge is 0.0165 e. The van der Waals surface area contributed by atoms with Crippen molar-refractivity contribution in [1.29, 1.82) is 0 Å². The minimum absolute atomic E-state index is 1.14. The Morgan fingerprint density at radius 2 is 1.47 bits per heavy atom. The Hall–Kier alpha value is -0.560. The van der Waals surface area contributed by atoms with E-state index < -0.39 is 0 Å². The summed E-state index contributed by atoms with van der Waals surface area (Å²) in [5.41, 5.74) is 2.97. The van der Waals surface area contributed by atoms with Crippen LogP contribution in [0.5, 0.6) is 0 Å². The Kier molecular flexibility index (Phi) is 12.1. The third kappa shape index (κ3) is 12.2. The van der Waals surface area contributed by atoms with E-state index >= 15 is 0 Å². The number of unbranched alkanes of at least 4 members (excludes halogenated alkanes) is 2. The van der Waals surface area contributed by atoms with Gasteiger partial charge < -0.3 is 0 Å². The lowest BCUT2D eigenvalue weighted by Crippen LogP contribution is -2.26. The minimum atomic E-state index is 1.14. The molecule has 0 atom stereocenters. The minimum Gasteiger partial charge on any atom is -0.300 e. The summed E-state index contributed by atoms with van der Waals surface area (Å²) in [6.45, 7) is 14.8.